The SMILES string of the molecule is Cc1cc(NC(=O)C2COc3ccc(Cl)cc3C2)ccc1-c1cn[nH]c1. The van der Waals surface area contributed by atoms with E-state index in [2.05, 4.69) is 15.5 Å². The highest BCUT2D eigenvalue weighted by Crippen LogP contribution is 2.31. The molecule has 132 valence electrons. The quantitative estimate of drug-likeness (QED) is 0.728. The summed E-state index contributed by atoms with van der Waals surface area (Å²) in [7, 11) is 0. The summed E-state index contributed by atoms with van der Waals surface area (Å²) in [5.74, 6) is 0.514. The van der Waals surface area contributed by atoms with Crippen molar-refractivity contribution in [3.8, 4) is 16.9 Å². The molecule has 0 bridgehead atoms. The topological polar surface area (TPSA) is 67.0 Å². The van der Waals surface area contributed by atoms with E-state index in [9.17, 15) is 4.79 Å². The van der Waals surface area contributed by atoms with Crippen molar-refractivity contribution in [3.63, 3.8) is 0 Å². The average Bonchev–Trinajstić information content (AvgIpc) is 3.15. The second-order valence-electron chi connectivity index (χ2n) is 6.47. The highest BCUT2D eigenvalue weighted by molar-refractivity contribution is 6.30. The first-order valence-corrected chi connectivity index (χ1v) is 8.80. The molecule has 2 N–H and O–H groups in total. The van der Waals surface area contributed by atoms with Crippen LogP contribution in [0.3, 0.4) is 0 Å². The minimum Gasteiger partial charge on any atom is -0.492 e. The maximum Gasteiger partial charge on any atom is 0.231 e. The van der Waals surface area contributed by atoms with Crippen molar-refractivity contribution in [2.24, 2.45) is 5.92 Å². The van der Waals surface area contributed by atoms with Crippen molar-refractivity contribution in [1.29, 1.82) is 0 Å². The third-order valence-electron chi connectivity index (χ3n) is 4.60. The van der Waals surface area contributed by atoms with Crippen LogP contribution in [0.1, 0.15) is 11.1 Å². The van der Waals surface area contributed by atoms with Gasteiger partial charge in [-0.15, -0.1) is 0 Å². The monoisotopic (exact) mass is 367 g/mol. The molecule has 6 heteroatoms. The molecule has 1 aliphatic rings. The molecule has 3 aromatic rings. The summed E-state index contributed by atoms with van der Waals surface area (Å²) < 4.78 is 5.71. The number of H-pyrrole nitrogens is 1. The predicted molar refractivity (Wildman–Crippen MR) is 102 cm³/mol. The van der Waals surface area contributed by atoms with Crippen molar-refractivity contribution in [3.05, 3.63) is 64.9 Å². The smallest absolute Gasteiger partial charge is 0.231 e. The molecule has 2 aromatic carbocycles. The van der Waals surface area contributed by atoms with Gasteiger partial charge in [0.15, 0.2) is 0 Å². The van der Waals surface area contributed by atoms with E-state index in [0.717, 1.165) is 33.7 Å². The minimum absolute atomic E-state index is 0.0499. The minimum atomic E-state index is -0.241. The van der Waals surface area contributed by atoms with Crippen LogP contribution >= 0.6 is 11.6 Å². The number of amides is 1. The maximum absolute atomic E-state index is 12.6. The zero-order valence-corrected chi connectivity index (χ0v) is 15.0. The fourth-order valence-electron chi connectivity index (χ4n) is 3.24. The number of carbonyl (C=O) groups is 1. The number of rotatable bonds is 3. The highest BCUT2D eigenvalue weighted by atomic mass is 35.5. The number of anilines is 1. The van der Waals surface area contributed by atoms with E-state index in [-0.39, 0.29) is 11.8 Å². The van der Waals surface area contributed by atoms with Crippen molar-refractivity contribution in [2.45, 2.75) is 13.3 Å². The fourth-order valence-corrected chi connectivity index (χ4v) is 3.43. The number of hydrogen-bond donors (Lipinski definition) is 2. The summed E-state index contributed by atoms with van der Waals surface area (Å²) >= 11 is 6.05. The van der Waals surface area contributed by atoms with Crippen LogP contribution in [0.2, 0.25) is 5.02 Å². The zero-order chi connectivity index (χ0) is 18.1. The first-order valence-electron chi connectivity index (χ1n) is 8.42. The Kier molecular flexibility index (Phi) is 4.39. The standard InChI is InChI=1S/C20H18ClN3O2/c1-12-6-17(3-4-18(12)15-9-22-23-10-15)24-20(25)14-7-13-8-16(21)2-5-19(13)26-11-14/h2-6,8-10,14H,7,11H2,1H3,(H,22,23)(H,24,25). The average molecular weight is 368 g/mol. The molecule has 0 fully saturated rings. The van der Waals surface area contributed by atoms with Crippen molar-refractivity contribution < 1.29 is 9.53 Å². The van der Waals surface area contributed by atoms with Gasteiger partial charge in [0, 0.05) is 22.5 Å². The molecular weight excluding hydrogens is 350 g/mol. The lowest BCUT2D eigenvalue weighted by molar-refractivity contribution is -0.121. The Morgan fingerprint density at radius 3 is 2.96 bits per heavy atom. The molecule has 5 nitrogen and oxygen atoms in total. The Bertz CT molecular complexity index is 954. The van der Waals surface area contributed by atoms with Gasteiger partial charge in [0.2, 0.25) is 5.91 Å². The van der Waals surface area contributed by atoms with E-state index in [4.69, 9.17) is 16.3 Å². The van der Waals surface area contributed by atoms with Crippen LogP contribution < -0.4 is 10.1 Å². The van der Waals surface area contributed by atoms with Crippen LogP contribution in [-0.4, -0.2) is 22.7 Å². The lowest BCUT2D eigenvalue weighted by atomic mass is 9.95. The first kappa shape index (κ1) is 16.7. The van der Waals surface area contributed by atoms with Crippen molar-refractivity contribution >= 4 is 23.2 Å². The lowest BCUT2D eigenvalue weighted by Gasteiger charge is -2.25. The van der Waals surface area contributed by atoms with Crippen LogP contribution in [0.25, 0.3) is 11.1 Å². The molecule has 4 rings (SSSR count). The number of carbonyl (C=O) groups excluding carboxylic acids is 1. The molecule has 1 aliphatic heterocycles. The number of hydrogen-bond acceptors (Lipinski definition) is 3. The van der Waals surface area contributed by atoms with Gasteiger partial charge in [-0.2, -0.15) is 5.10 Å². The molecule has 0 saturated carbocycles. The second-order valence-corrected chi connectivity index (χ2v) is 6.91. The normalized spacial score (nSPS) is 15.8. The van der Waals surface area contributed by atoms with Gasteiger partial charge in [-0.1, -0.05) is 17.7 Å². The number of aromatic nitrogens is 2. The number of ether oxygens (including phenoxy) is 1. The number of fused-ring (bicyclic) bond motifs is 1. The van der Waals surface area contributed by atoms with Crippen LogP contribution in [0.15, 0.2) is 48.8 Å². The van der Waals surface area contributed by atoms with E-state index in [1.54, 1.807) is 12.3 Å². The molecule has 26 heavy (non-hydrogen) atoms. The van der Waals surface area contributed by atoms with Crippen LogP contribution in [-0.2, 0) is 11.2 Å². The maximum atomic E-state index is 12.6. The molecule has 1 aromatic heterocycles. The van der Waals surface area contributed by atoms with Gasteiger partial charge < -0.3 is 10.1 Å². The number of nitrogens with zero attached hydrogens (tertiary/aromatic N) is 1. The fraction of sp³-hybridized carbons (Fsp3) is 0.200. The molecule has 1 amide bonds. The number of halogens is 1. The Balaban J connectivity index is 1.48. The molecule has 0 saturated heterocycles. The van der Waals surface area contributed by atoms with E-state index >= 15 is 0 Å². The summed E-state index contributed by atoms with van der Waals surface area (Å²) in [5.41, 5.74) is 4.92. The summed E-state index contributed by atoms with van der Waals surface area (Å²) in [6, 6.07) is 11.4. The third kappa shape index (κ3) is 3.30. The zero-order valence-electron chi connectivity index (χ0n) is 14.3. The van der Waals surface area contributed by atoms with Crippen LogP contribution in [0, 0.1) is 12.8 Å². The summed E-state index contributed by atoms with van der Waals surface area (Å²) in [5, 5.41) is 10.4. The Labute approximate surface area is 156 Å². The van der Waals surface area contributed by atoms with Crippen molar-refractivity contribution in [2.75, 3.05) is 11.9 Å². The van der Waals surface area contributed by atoms with E-state index < -0.39 is 0 Å². The number of nitrogens with one attached hydrogen (secondary N) is 2. The molecular formula is C20H18ClN3O2. The van der Waals surface area contributed by atoms with Crippen molar-refractivity contribution in [1.82, 2.24) is 10.2 Å². The summed E-state index contributed by atoms with van der Waals surface area (Å²) in [6.07, 6.45) is 4.25. The van der Waals surface area contributed by atoms with E-state index in [1.165, 1.54) is 0 Å². The molecule has 1 atom stereocenters. The summed E-state index contributed by atoms with van der Waals surface area (Å²) in [6.45, 7) is 2.38. The van der Waals surface area contributed by atoms with Gasteiger partial charge in [0.25, 0.3) is 0 Å². The number of benzene rings is 2. The molecule has 0 radical (unpaired) electrons. The Hall–Kier alpha value is -2.79. The van der Waals surface area contributed by atoms with Gasteiger partial charge in [0.1, 0.15) is 12.4 Å². The van der Waals surface area contributed by atoms with Gasteiger partial charge in [-0.05, 0) is 60.4 Å². The molecule has 1 unspecified atom stereocenters. The Morgan fingerprint density at radius 1 is 1.31 bits per heavy atom. The molecule has 0 aliphatic carbocycles. The number of aromatic amines is 1. The first-order chi connectivity index (χ1) is 12.6. The third-order valence-corrected chi connectivity index (χ3v) is 4.84. The highest BCUT2D eigenvalue weighted by Gasteiger charge is 2.26. The van der Waals surface area contributed by atoms with Crippen LogP contribution in [0.5, 0.6) is 5.75 Å². The largest absolute Gasteiger partial charge is 0.492 e. The lowest BCUT2D eigenvalue weighted by Crippen LogP contribution is -2.32. The van der Waals surface area contributed by atoms with E-state index in [0.29, 0.717) is 18.1 Å². The molecule has 0 spiro atoms. The Morgan fingerprint density at radius 2 is 2.19 bits per heavy atom. The van der Waals surface area contributed by atoms with E-state index in [1.807, 2.05) is 43.5 Å². The van der Waals surface area contributed by atoms with Gasteiger partial charge in [-0.3, -0.25) is 9.89 Å². The van der Waals surface area contributed by atoms with Gasteiger partial charge in [0.05, 0.1) is 12.1 Å². The number of aryl methyl sites for hydroxylation is 1. The van der Waals surface area contributed by atoms with Crippen LogP contribution in [0.4, 0.5) is 5.69 Å². The second kappa shape index (κ2) is 6.84. The molecule has 2 heterocycles. The summed E-state index contributed by atoms with van der Waals surface area (Å²) in [4.78, 5) is 12.6. The predicted octanol–water partition coefficient (Wildman–Crippen LogP) is 4.23. The van der Waals surface area contributed by atoms with Gasteiger partial charge >= 0.3 is 0 Å². The van der Waals surface area contributed by atoms with Gasteiger partial charge in [-0.25, -0.2) is 0 Å².